The van der Waals surface area contributed by atoms with Gasteiger partial charge in [-0.15, -0.1) is 0 Å². The van der Waals surface area contributed by atoms with Gasteiger partial charge in [0.2, 0.25) is 0 Å². The summed E-state index contributed by atoms with van der Waals surface area (Å²) < 4.78 is 0. The molecule has 1 saturated heterocycles. The second-order valence-corrected chi connectivity index (χ2v) is 4.22. The molecule has 0 spiro atoms. The minimum Gasteiger partial charge on any atom is -0.369 e. The molecule has 1 unspecified atom stereocenters. The summed E-state index contributed by atoms with van der Waals surface area (Å²) in [4.78, 5) is 4.39. The van der Waals surface area contributed by atoms with Crippen LogP contribution in [-0.2, 0) is 5.11 Å². The van der Waals surface area contributed by atoms with Crippen molar-refractivity contribution in [2.24, 2.45) is 0 Å². The highest BCUT2D eigenvalue weighted by atomic mass is 16.3. The molecule has 0 bridgehead atoms. The fourth-order valence-electron chi connectivity index (χ4n) is 2.17. The Bertz CT molecular complexity index is 307. The lowest BCUT2D eigenvalue weighted by molar-refractivity contribution is -0.0526. The Morgan fingerprint density at radius 1 is 1.12 bits per heavy atom. The molecule has 0 amide bonds. The molecule has 3 nitrogen and oxygen atoms in total. The van der Waals surface area contributed by atoms with Crippen LogP contribution in [0.5, 0.6) is 0 Å². The summed E-state index contributed by atoms with van der Waals surface area (Å²) in [6.45, 7) is 5.65. The average molecular weight is 219 g/mol. The highest BCUT2D eigenvalue weighted by Gasteiger charge is 2.21. The number of rotatable bonds is 3. The first kappa shape index (κ1) is 11.4. The summed E-state index contributed by atoms with van der Waals surface area (Å²) in [6, 6.07) is 10.4. The summed E-state index contributed by atoms with van der Waals surface area (Å²) in [5, 5.41) is 11.6. The molecule has 1 aromatic carbocycles. The molecule has 0 saturated carbocycles. The van der Waals surface area contributed by atoms with E-state index in [4.69, 9.17) is 0 Å². The first-order valence-corrected chi connectivity index (χ1v) is 6.01. The van der Waals surface area contributed by atoms with Gasteiger partial charge in [-0.1, -0.05) is 25.1 Å². The highest BCUT2D eigenvalue weighted by molar-refractivity contribution is 5.46. The van der Waals surface area contributed by atoms with Gasteiger partial charge in [0, 0.05) is 31.9 Å². The van der Waals surface area contributed by atoms with Crippen LogP contribution >= 0.6 is 0 Å². The van der Waals surface area contributed by atoms with Crippen molar-refractivity contribution in [3.05, 3.63) is 30.3 Å². The number of nitrogens with zero attached hydrogens (tertiary/aromatic N) is 2. The number of hydrogen-bond acceptors (Lipinski definition) is 2. The van der Waals surface area contributed by atoms with Crippen molar-refractivity contribution in [2.45, 2.75) is 19.6 Å². The Labute approximate surface area is 97.3 Å². The van der Waals surface area contributed by atoms with Gasteiger partial charge in [0.05, 0.1) is 0 Å². The standard InChI is InChI=1S/C13H19N2O/c1-2-13(16)15-10-8-14(9-11-15)12-6-4-3-5-7-12/h3-7,13H,2,8-11H2,1H3. The SMILES string of the molecule is CCC([O])N1CCN(c2ccccc2)CC1. The summed E-state index contributed by atoms with van der Waals surface area (Å²) in [5.41, 5.74) is 1.26. The lowest BCUT2D eigenvalue weighted by Gasteiger charge is -2.37. The topological polar surface area (TPSA) is 26.4 Å². The van der Waals surface area contributed by atoms with Crippen LogP contribution in [0.2, 0.25) is 0 Å². The molecule has 0 aromatic heterocycles. The maximum absolute atomic E-state index is 11.6. The van der Waals surface area contributed by atoms with E-state index in [1.807, 2.05) is 17.9 Å². The Balaban J connectivity index is 1.91. The molecule has 1 aromatic rings. The number of anilines is 1. The van der Waals surface area contributed by atoms with Crippen molar-refractivity contribution in [2.75, 3.05) is 31.1 Å². The van der Waals surface area contributed by atoms with Crippen LogP contribution in [0, 0.1) is 0 Å². The molecule has 0 N–H and O–H groups in total. The average Bonchev–Trinajstić information content (AvgIpc) is 2.39. The third kappa shape index (κ3) is 2.54. The summed E-state index contributed by atoms with van der Waals surface area (Å²) in [5.74, 6) is 0. The van der Waals surface area contributed by atoms with E-state index in [1.54, 1.807) is 0 Å². The van der Waals surface area contributed by atoms with Crippen LogP contribution < -0.4 is 4.90 Å². The van der Waals surface area contributed by atoms with Gasteiger partial charge in [-0.25, -0.2) is 5.11 Å². The molecule has 1 radical (unpaired) electrons. The van der Waals surface area contributed by atoms with E-state index in [1.165, 1.54) is 5.69 Å². The van der Waals surface area contributed by atoms with E-state index in [-0.39, 0.29) is 0 Å². The first-order valence-electron chi connectivity index (χ1n) is 6.01. The Morgan fingerprint density at radius 2 is 1.75 bits per heavy atom. The molecule has 1 heterocycles. The van der Waals surface area contributed by atoms with Gasteiger partial charge in [-0.2, -0.15) is 0 Å². The fraction of sp³-hybridized carbons (Fsp3) is 0.538. The van der Waals surface area contributed by atoms with Crippen LogP contribution in [0.3, 0.4) is 0 Å². The minimum absolute atomic E-state index is 0.516. The van der Waals surface area contributed by atoms with Gasteiger partial charge in [-0.05, 0) is 18.6 Å². The maximum Gasteiger partial charge on any atom is 0.146 e. The Morgan fingerprint density at radius 3 is 2.31 bits per heavy atom. The second kappa shape index (κ2) is 5.32. The smallest absolute Gasteiger partial charge is 0.146 e. The molecule has 16 heavy (non-hydrogen) atoms. The van der Waals surface area contributed by atoms with E-state index in [2.05, 4.69) is 29.2 Å². The molecule has 1 fully saturated rings. The molecule has 3 heteroatoms. The van der Waals surface area contributed by atoms with E-state index in [9.17, 15) is 5.11 Å². The second-order valence-electron chi connectivity index (χ2n) is 4.22. The number of hydrogen-bond donors (Lipinski definition) is 0. The lowest BCUT2D eigenvalue weighted by atomic mass is 10.2. The van der Waals surface area contributed by atoms with E-state index < -0.39 is 6.23 Å². The largest absolute Gasteiger partial charge is 0.369 e. The van der Waals surface area contributed by atoms with Crippen molar-refractivity contribution < 1.29 is 5.11 Å². The van der Waals surface area contributed by atoms with Crippen LogP contribution in [0.25, 0.3) is 0 Å². The van der Waals surface area contributed by atoms with Crippen LogP contribution in [0.4, 0.5) is 5.69 Å². The van der Waals surface area contributed by atoms with E-state index in [0.29, 0.717) is 6.42 Å². The van der Waals surface area contributed by atoms with Gasteiger partial charge < -0.3 is 4.90 Å². The monoisotopic (exact) mass is 219 g/mol. The van der Waals surface area contributed by atoms with Crippen LogP contribution in [0.1, 0.15) is 13.3 Å². The molecule has 1 aliphatic heterocycles. The zero-order valence-corrected chi connectivity index (χ0v) is 9.80. The van der Waals surface area contributed by atoms with Gasteiger partial charge in [0.15, 0.2) is 0 Å². The Hall–Kier alpha value is -1.06. The molecule has 87 valence electrons. The predicted octanol–water partition coefficient (Wildman–Crippen LogP) is 1.98. The quantitative estimate of drug-likeness (QED) is 0.777. The van der Waals surface area contributed by atoms with E-state index >= 15 is 0 Å². The molecule has 0 aliphatic carbocycles. The number of benzene rings is 1. The predicted molar refractivity (Wildman–Crippen MR) is 65.0 cm³/mol. The van der Waals surface area contributed by atoms with Crippen molar-refractivity contribution in [1.29, 1.82) is 0 Å². The van der Waals surface area contributed by atoms with Crippen LogP contribution in [0.15, 0.2) is 30.3 Å². The first-order chi connectivity index (χ1) is 7.81. The normalized spacial score (nSPS) is 19.8. The highest BCUT2D eigenvalue weighted by Crippen LogP contribution is 2.16. The van der Waals surface area contributed by atoms with Crippen molar-refractivity contribution in [1.82, 2.24) is 4.90 Å². The molecular weight excluding hydrogens is 200 g/mol. The zero-order valence-electron chi connectivity index (χ0n) is 9.80. The van der Waals surface area contributed by atoms with Crippen molar-refractivity contribution >= 4 is 5.69 Å². The van der Waals surface area contributed by atoms with Crippen molar-refractivity contribution in [3.8, 4) is 0 Å². The summed E-state index contributed by atoms with van der Waals surface area (Å²) in [6.07, 6.45) is 0.184. The number of para-hydroxylation sites is 1. The van der Waals surface area contributed by atoms with Gasteiger partial charge in [-0.3, -0.25) is 4.90 Å². The van der Waals surface area contributed by atoms with Gasteiger partial charge >= 0.3 is 0 Å². The van der Waals surface area contributed by atoms with Crippen LogP contribution in [-0.4, -0.2) is 37.3 Å². The Kier molecular flexibility index (Phi) is 3.80. The molecule has 1 aliphatic rings. The molecule has 1 atom stereocenters. The third-order valence-corrected chi connectivity index (χ3v) is 3.19. The van der Waals surface area contributed by atoms with E-state index in [0.717, 1.165) is 26.2 Å². The van der Waals surface area contributed by atoms with Gasteiger partial charge in [0.25, 0.3) is 0 Å². The minimum atomic E-state index is -0.516. The maximum atomic E-state index is 11.6. The molecule has 2 rings (SSSR count). The lowest BCUT2D eigenvalue weighted by Crippen LogP contribution is -2.49. The zero-order chi connectivity index (χ0) is 11.4. The summed E-state index contributed by atoms with van der Waals surface area (Å²) in [7, 11) is 0. The number of piperazine rings is 1. The molecular formula is C13H19N2O. The fourth-order valence-corrected chi connectivity index (χ4v) is 2.17. The third-order valence-electron chi connectivity index (χ3n) is 3.19. The van der Waals surface area contributed by atoms with Gasteiger partial charge in [0.1, 0.15) is 6.23 Å². The van der Waals surface area contributed by atoms with Crippen molar-refractivity contribution in [3.63, 3.8) is 0 Å². The summed E-state index contributed by atoms with van der Waals surface area (Å²) >= 11 is 0.